The van der Waals surface area contributed by atoms with Crippen LogP contribution in [0.5, 0.6) is 0 Å². The Bertz CT molecular complexity index is 687. The van der Waals surface area contributed by atoms with Crippen LogP contribution >= 0.6 is 23.7 Å². The van der Waals surface area contributed by atoms with E-state index in [9.17, 15) is 9.59 Å². The maximum atomic E-state index is 11.9. The Morgan fingerprint density at radius 1 is 1.27 bits per heavy atom. The molecule has 2 rings (SSSR count). The van der Waals surface area contributed by atoms with E-state index in [1.54, 1.807) is 12.1 Å². The second kappa shape index (κ2) is 7.53. The maximum absolute atomic E-state index is 11.9. The number of amides is 2. The van der Waals surface area contributed by atoms with Crippen molar-refractivity contribution in [3.63, 3.8) is 0 Å². The number of carbonyl (C=O) groups is 2. The molecule has 0 saturated carbocycles. The van der Waals surface area contributed by atoms with Gasteiger partial charge >= 0.3 is 0 Å². The Labute approximate surface area is 138 Å². The fourth-order valence-corrected chi connectivity index (χ4v) is 2.66. The van der Waals surface area contributed by atoms with Crippen LogP contribution in [0, 0.1) is 5.92 Å². The molecule has 0 saturated heterocycles. The number of hydrogen-bond acceptors (Lipinski definition) is 5. The second-order valence-electron chi connectivity index (χ2n) is 5.14. The van der Waals surface area contributed by atoms with Gasteiger partial charge in [0.25, 0.3) is 0 Å². The first-order valence-electron chi connectivity index (χ1n) is 6.61. The van der Waals surface area contributed by atoms with E-state index in [1.807, 2.05) is 19.9 Å². The molecule has 0 unspecified atom stereocenters. The van der Waals surface area contributed by atoms with Crippen LogP contribution in [0.3, 0.4) is 0 Å². The monoisotopic (exact) mass is 342 g/mol. The summed E-state index contributed by atoms with van der Waals surface area (Å²) in [5.74, 6) is -0.313. The fourth-order valence-electron chi connectivity index (χ4n) is 1.75. The summed E-state index contributed by atoms with van der Waals surface area (Å²) in [7, 11) is 0. The molecule has 120 valence electrons. The highest BCUT2D eigenvalue weighted by molar-refractivity contribution is 7.22. The van der Waals surface area contributed by atoms with Crippen molar-refractivity contribution in [2.75, 3.05) is 10.6 Å². The Morgan fingerprint density at radius 3 is 2.55 bits per heavy atom. The number of halogens is 1. The van der Waals surface area contributed by atoms with Crippen molar-refractivity contribution >= 4 is 56.6 Å². The summed E-state index contributed by atoms with van der Waals surface area (Å²) in [6, 6.07) is 4.84. The lowest BCUT2D eigenvalue weighted by Crippen LogP contribution is -2.39. The van der Waals surface area contributed by atoms with Crippen LogP contribution in [-0.2, 0) is 9.59 Å². The van der Waals surface area contributed by atoms with Gasteiger partial charge in [-0.3, -0.25) is 9.59 Å². The van der Waals surface area contributed by atoms with E-state index in [2.05, 4.69) is 15.6 Å². The van der Waals surface area contributed by atoms with E-state index in [-0.39, 0.29) is 30.1 Å². The molecule has 1 atom stereocenters. The van der Waals surface area contributed by atoms with Crippen LogP contribution in [-0.4, -0.2) is 22.8 Å². The van der Waals surface area contributed by atoms with Gasteiger partial charge in [-0.15, -0.1) is 12.4 Å². The van der Waals surface area contributed by atoms with Gasteiger partial charge in [0, 0.05) is 12.6 Å². The summed E-state index contributed by atoms with van der Waals surface area (Å²) < 4.78 is 0.884. The molecule has 8 heteroatoms. The minimum Gasteiger partial charge on any atom is -0.326 e. The lowest BCUT2D eigenvalue weighted by atomic mass is 10.1. The number of rotatable bonds is 4. The van der Waals surface area contributed by atoms with Crippen LogP contribution in [0.15, 0.2) is 18.2 Å². The van der Waals surface area contributed by atoms with Crippen molar-refractivity contribution in [3.05, 3.63) is 18.2 Å². The molecule has 2 amide bonds. The Hall–Kier alpha value is -1.70. The summed E-state index contributed by atoms with van der Waals surface area (Å²) in [6.45, 7) is 5.24. The van der Waals surface area contributed by atoms with Crippen LogP contribution in [0.2, 0.25) is 0 Å². The topological polar surface area (TPSA) is 97.1 Å². The molecule has 0 bridgehead atoms. The molecule has 0 aliphatic carbocycles. The van der Waals surface area contributed by atoms with E-state index in [1.165, 1.54) is 18.3 Å². The third kappa shape index (κ3) is 4.40. The average molecular weight is 343 g/mol. The van der Waals surface area contributed by atoms with E-state index in [0.29, 0.717) is 10.8 Å². The van der Waals surface area contributed by atoms with E-state index in [0.717, 1.165) is 10.2 Å². The van der Waals surface area contributed by atoms with Gasteiger partial charge in [-0.25, -0.2) is 4.98 Å². The Balaban J connectivity index is 0.00000242. The van der Waals surface area contributed by atoms with E-state index in [4.69, 9.17) is 5.73 Å². The first-order chi connectivity index (χ1) is 9.86. The number of hydrogen-bond donors (Lipinski definition) is 3. The number of aromatic nitrogens is 1. The molecule has 4 N–H and O–H groups in total. The molecule has 1 aromatic heterocycles. The van der Waals surface area contributed by atoms with Crippen molar-refractivity contribution in [1.82, 2.24) is 4.98 Å². The number of fused-ring (bicyclic) bond motifs is 1. The van der Waals surface area contributed by atoms with Crippen molar-refractivity contribution < 1.29 is 9.59 Å². The Morgan fingerprint density at radius 2 is 1.95 bits per heavy atom. The van der Waals surface area contributed by atoms with Gasteiger partial charge < -0.3 is 16.4 Å². The van der Waals surface area contributed by atoms with Crippen molar-refractivity contribution in [2.24, 2.45) is 11.7 Å². The Kier molecular flexibility index (Phi) is 6.28. The maximum Gasteiger partial charge on any atom is 0.243 e. The van der Waals surface area contributed by atoms with Crippen LogP contribution < -0.4 is 16.4 Å². The minimum atomic E-state index is -0.563. The van der Waals surface area contributed by atoms with E-state index >= 15 is 0 Å². The van der Waals surface area contributed by atoms with Gasteiger partial charge in [-0.05, 0) is 24.1 Å². The molecule has 0 fully saturated rings. The zero-order chi connectivity index (χ0) is 15.6. The third-order valence-corrected chi connectivity index (χ3v) is 3.89. The molecule has 6 nitrogen and oxygen atoms in total. The predicted molar refractivity (Wildman–Crippen MR) is 92.6 cm³/mol. The van der Waals surface area contributed by atoms with Crippen LogP contribution in [0.4, 0.5) is 10.8 Å². The highest BCUT2D eigenvalue weighted by Crippen LogP contribution is 2.28. The summed E-state index contributed by atoms with van der Waals surface area (Å²) in [4.78, 5) is 27.3. The number of anilines is 2. The SMILES string of the molecule is CC(=O)Nc1ccc2nc(NC(=O)[C@@H](N)C(C)C)sc2c1.Cl. The summed E-state index contributed by atoms with van der Waals surface area (Å²) in [6.07, 6.45) is 0. The zero-order valence-electron chi connectivity index (χ0n) is 12.5. The lowest BCUT2D eigenvalue weighted by molar-refractivity contribution is -0.118. The number of carbonyl (C=O) groups excluding carboxylic acids is 2. The summed E-state index contributed by atoms with van der Waals surface area (Å²) in [5.41, 5.74) is 7.27. The van der Waals surface area contributed by atoms with Crippen molar-refractivity contribution in [3.8, 4) is 0 Å². The van der Waals surface area contributed by atoms with Crippen molar-refractivity contribution in [1.29, 1.82) is 0 Å². The standard InChI is InChI=1S/C14H18N4O2S.ClH/c1-7(2)12(15)13(20)18-14-17-10-5-4-9(16-8(3)19)6-11(10)21-14;/h4-7,12H,15H2,1-3H3,(H,16,19)(H,17,18,20);1H/t12-;/m0./s1. The van der Waals surface area contributed by atoms with Crippen molar-refractivity contribution in [2.45, 2.75) is 26.8 Å². The van der Waals surface area contributed by atoms with Gasteiger partial charge in [0.15, 0.2) is 5.13 Å². The minimum absolute atomic E-state index is 0. The predicted octanol–water partition coefficient (Wildman–Crippen LogP) is 2.60. The van der Waals surface area contributed by atoms with Gasteiger partial charge in [0.05, 0.1) is 16.3 Å². The molecule has 0 aliphatic rings. The third-order valence-electron chi connectivity index (χ3n) is 2.96. The van der Waals surface area contributed by atoms with Crippen LogP contribution in [0.1, 0.15) is 20.8 Å². The molecular formula is C14H19ClN4O2S. The quantitative estimate of drug-likeness (QED) is 0.795. The first-order valence-corrected chi connectivity index (χ1v) is 7.43. The van der Waals surface area contributed by atoms with E-state index < -0.39 is 6.04 Å². The first kappa shape index (κ1) is 18.3. The van der Waals surface area contributed by atoms with Crippen LogP contribution in [0.25, 0.3) is 10.2 Å². The normalized spacial score (nSPS) is 11.9. The number of nitrogens with two attached hydrogens (primary N) is 1. The molecule has 0 spiro atoms. The number of nitrogens with one attached hydrogen (secondary N) is 2. The van der Waals surface area contributed by atoms with Gasteiger partial charge in [-0.1, -0.05) is 25.2 Å². The molecule has 0 aliphatic heterocycles. The van der Waals surface area contributed by atoms with Gasteiger partial charge in [0.1, 0.15) is 0 Å². The molecule has 0 radical (unpaired) electrons. The highest BCUT2D eigenvalue weighted by Gasteiger charge is 2.18. The molecular weight excluding hydrogens is 324 g/mol. The lowest BCUT2D eigenvalue weighted by Gasteiger charge is -2.13. The number of nitrogens with zero attached hydrogens (tertiary/aromatic N) is 1. The number of thiazole rings is 1. The number of benzene rings is 1. The smallest absolute Gasteiger partial charge is 0.243 e. The molecule has 2 aromatic rings. The van der Waals surface area contributed by atoms with Gasteiger partial charge in [-0.2, -0.15) is 0 Å². The second-order valence-corrected chi connectivity index (χ2v) is 6.17. The fraction of sp³-hybridized carbons (Fsp3) is 0.357. The summed E-state index contributed by atoms with van der Waals surface area (Å²) in [5, 5.41) is 5.95. The zero-order valence-corrected chi connectivity index (χ0v) is 14.2. The molecule has 22 heavy (non-hydrogen) atoms. The molecule has 1 aromatic carbocycles. The largest absolute Gasteiger partial charge is 0.326 e. The highest BCUT2D eigenvalue weighted by atomic mass is 35.5. The molecule has 1 heterocycles. The summed E-state index contributed by atoms with van der Waals surface area (Å²) >= 11 is 1.35. The van der Waals surface area contributed by atoms with Gasteiger partial charge in [0.2, 0.25) is 11.8 Å². The average Bonchev–Trinajstić information content (AvgIpc) is 2.78.